The predicted molar refractivity (Wildman–Crippen MR) is 78.8 cm³/mol. The highest BCUT2D eigenvalue weighted by atomic mass is 19.1. The zero-order valence-corrected chi connectivity index (χ0v) is 12.1. The van der Waals surface area contributed by atoms with Crippen molar-refractivity contribution in [3.05, 3.63) is 35.1 Å². The zero-order chi connectivity index (χ0) is 15.0. The SMILES string of the molecule is CCCCCN(C)C(=O)c1ccc(F)cc1C#CCN. The van der Waals surface area contributed by atoms with Crippen LogP contribution < -0.4 is 5.73 Å². The van der Waals surface area contributed by atoms with Gasteiger partial charge in [-0.3, -0.25) is 4.79 Å². The Hall–Kier alpha value is -1.86. The molecule has 1 aromatic rings. The van der Waals surface area contributed by atoms with Gasteiger partial charge in [-0.15, -0.1) is 0 Å². The maximum atomic E-state index is 13.3. The first kappa shape index (κ1) is 16.2. The molecular weight excluding hydrogens is 255 g/mol. The van der Waals surface area contributed by atoms with E-state index in [1.807, 2.05) is 0 Å². The molecule has 0 saturated heterocycles. The first-order valence-electron chi connectivity index (χ1n) is 6.84. The Bertz CT molecular complexity index is 517. The monoisotopic (exact) mass is 276 g/mol. The van der Waals surface area contributed by atoms with Crippen LogP contribution in [0.5, 0.6) is 0 Å². The van der Waals surface area contributed by atoms with E-state index in [0.29, 0.717) is 17.7 Å². The second kappa shape index (κ2) is 8.34. The Kier molecular flexibility index (Phi) is 6.75. The van der Waals surface area contributed by atoms with E-state index < -0.39 is 5.82 Å². The molecule has 0 heterocycles. The summed E-state index contributed by atoms with van der Waals surface area (Å²) >= 11 is 0. The lowest BCUT2D eigenvalue weighted by molar-refractivity contribution is 0.0792. The first-order valence-corrected chi connectivity index (χ1v) is 6.84. The Morgan fingerprint density at radius 2 is 2.15 bits per heavy atom. The van der Waals surface area contributed by atoms with Crippen LogP contribution in [0.4, 0.5) is 4.39 Å². The molecule has 0 saturated carbocycles. The van der Waals surface area contributed by atoms with Gasteiger partial charge in [0.25, 0.3) is 5.91 Å². The minimum atomic E-state index is -0.406. The molecule has 1 aromatic carbocycles. The molecule has 0 radical (unpaired) electrons. The van der Waals surface area contributed by atoms with Crippen molar-refractivity contribution in [2.24, 2.45) is 5.73 Å². The number of rotatable bonds is 5. The van der Waals surface area contributed by atoms with Crippen LogP contribution in [0.3, 0.4) is 0 Å². The fourth-order valence-electron chi connectivity index (χ4n) is 1.86. The summed E-state index contributed by atoms with van der Waals surface area (Å²) in [6.07, 6.45) is 3.15. The molecule has 0 aliphatic rings. The highest BCUT2D eigenvalue weighted by molar-refractivity contribution is 5.96. The molecule has 2 N–H and O–H groups in total. The number of carbonyl (C=O) groups is 1. The molecule has 0 spiro atoms. The second-order valence-electron chi connectivity index (χ2n) is 4.63. The van der Waals surface area contributed by atoms with Gasteiger partial charge in [-0.25, -0.2) is 4.39 Å². The summed E-state index contributed by atoms with van der Waals surface area (Å²) in [4.78, 5) is 14.0. The summed E-state index contributed by atoms with van der Waals surface area (Å²) in [6.45, 7) is 2.98. The normalized spacial score (nSPS) is 9.80. The van der Waals surface area contributed by atoms with Crippen LogP contribution in [-0.4, -0.2) is 30.9 Å². The van der Waals surface area contributed by atoms with Crippen molar-refractivity contribution in [1.29, 1.82) is 0 Å². The Labute approximate surface area is 120 Å². The molecule has 0 aliphatic heterocycles. The number of unbranched alkanes of at least 4 members (excludes halogenated alkanes) is 2. The second-order valence-corrected chi connectivity index (χ2v) is 4.63. The number of halogens is 1. The van der Waals surface area contributed by atoms with Crippen LogP contribution >= 0.6 is 0 Å². The van der Waals surface area contributed by atoms with Gasteiger partial charge in [0.05, 0.1) is 12.1 Å². The quantitative estimate of drug-likeness (QED) is 0.663. The lowest BCUT2D eigenvalue weighted by Crippen LogP contribution is -2.28. The van der Waals surface area contributed by atoms with E-state index in [9.17, 15) is 9.18 Å². The average Bonchev–Trinajstić information content (AvgIpc) is 2.44. The number of benzene rings is 1. The van der Waals surface area contributed by atoms with E-state index in [2.05, 4.69) is 18.8 Å². The minimum absolute atomic E-state index is 0.137. The number of carbonyl (C=O) groups excluding carboxylic acids is 1. The van der Waals surface area contributed by atoms with Crippen molar-refractivity contribution in [2.75, 3.05) is 20.1 Å². The maximum absolute atomic E-state index is 13.3. The minimum Gasteiger partial charge on any atom is -0.342 e. The van der Waals surface area contributed by atoms with Crippen LogP contribution in [0.2, 0.25) is 0 Å². The van der Waals surface area contributed by atoms with Gasteiger partial charge in [-0.1, -0.05) is 31.6 Å². The lowest BCUT2D eigenvalue weighted by atomic mass is 10.1. The first-order chi connectivity index (χ1) is 9.60. The summed E-state index contributed by atoms with van der Waals surface area (Å²) in [5.74, 6) is 4.87. The summed E-state index contributed by atoms with van der Waals surface area (Å²) in [7, 11) is 1.75. The van der Waals surface area contributed by atoms with Crippen molar-refractivity contribution >= 4 is 5.91 Å². The molecule has 4 heteroatoms. The van der Waals surface area contributed by atoms with Gasteiger partial charge < -0.3 is 10.6 Å². The molecule has 20 heavy (non-hydrogen) atoms. The summed E-state index contributed by atoms with van der Waals surface area (Å²) in [6, 6.07) is 4.03. The van der Waals surface area contributed by atoms with Gasteiger partial charge >= 0.3 is 0 Å². The predicted octanol–water partition coefficient (Wildman–Crippen LogP) is 2.40. The molecule has 0 aromatic heterocycles. The molecule has 3 nitrogen and oxygen atoms in total. The molecule has 0 fully saturated rings. The van der Waals surface area contributed by atoms with E-state index in [4.69, 9.17) is 5.73 Å². The maximum Gasteiger partial charge on any atom is 0.254 e. The highest BCUT2D eigenvalue weighted by Gasteiger charge is 2.15. The van der Waals surface area contributed by atoms with Crippen molar-refractivity contribution in [1.82, 2.24) is 4.90 Å². The fourth-order valence-corrected chi connectivity index (χ4v) is 1.86. The van der Waals surface area contributed by atoms with Crippen molar-refractivity contribution in [3.8, 4) is 11.8 Å². The third-order valence-electron chi connectivity index (χ3n) is 2.98. The lowest BCUT2D eigenvalue weighted by Gasteiger charge is -2.17. The van der Waals surface area contributed by atoms with Crippen LogP contribution in [0.15, 0.2) is 18.2 Å². The Balaban J connectivity index is 2.91. The molecular formula is C16H21FN2O. The summed E-state index contributed by atoms with van der Waals surface area (Å²) in [5, 5.41) is 0. The standard InChI is InChI=1S/C16H21FN2O/c1-3-4-5-11-19(2)16(20)15-9-8-14(17)12-13(15)7-6-10-18/h8-9,12H,3-5,10-11,18H2,1-2H3. The van der Waals surface area contributed by atoms with E-state index in [1.54, 1.807) is 11.9 Å². The smallest absolute Gasteiger partial charge is 0.254 e. The van der Waals surface area contributed by atoms with E-state index in [1.165, 1.54) is 18.2 Å². The molecule has 1 rings (SSSR count). The Morgan fingerprint density at radius 1 is 1.40 bits per heavy atom. The largest absolute Gasteiger partial charge is 0.342 e. The van der Waals surface area contributed by atoms with E-state index in [0.717, 1.165) is 19.3 Å². The number of hydrogen-bond donors (Lipinski definition) is 1. The molecule has 0 unspecified atom stereocenters. The molecule has 0 bridgehead atoms. The van der Waals surface area contributed by atoms with Gasteiger partial charge in [0.1, 0.15) is 5.82 Å². The third-order valence-corrected chi connectivity index (χ3v) is 2.98. The van der Waals surface area contributed by atoms with Crippen LogP contribution in [0.1, 0.15) is 42.1 Å². The number of amides is 1. The van der Waals surface area contributed by atoms with Gasteiger partial charge in [-0.05, 0) is 24.6 Å². The van der Waals surface area contributed by atoms with Crippen molar-refractivity contribution < 1.29 is 9.18 Å². The number of nitrogens with zero attached hydrogens (tertiary/aromatic N) is 1. The van der Waals surface area contributed by atoms with Crippen LogP contribution in [0, 0.1) is 17.7 Å². The van der Waals surface area contributed by atoms with Crippen LogP contribution in [0.25, 0.3) is 0 Å². The van der Waals surface area contributed by atoms with Gasteiger partial charge in [0.2, 0.25) is 0 Å². The van der Waals surface area contributed by atoms with Crippen LogP contribution in [-0.2, 0) is 0 Å². The number of hydrogen-bond acceptors (Lipinski definition) is 2. The topological polar surface area (TPSA) is 46.3 Å². The molecule has 0 aliphatic carbocycles. The van der Waals surface area contributed by atoms with Gasteiger partial charge in [0, 0.05) is 19.2 Å². The molecule has 1 amide bonds. The van der Waals surface area contributed by atoms with Gasteiger partial charge in [0.15, 0.2) is 0 Å². The fraction of sp³-hybridized carbons (Fsp3) is 0.438. The Morgan fingerprint density at radius 3 is 2.80 bits per heavy atom. The third kappa shape index (κ3) is 4.67. The van der Waals surface area contributed by atoms with Crippen molar-refractivity contribution in [2.45, 2.75) is 26.2 Å². The highest BCUT2D eigenvalue weighted by Crippen LogP contribution is 2.13. The average molecular weight is 276 g/mol. The zero-order valence-electron chi connectivity index (χ0n) is 12.1. The summed E-state index contributed by atoms with van der Waals surface area (Å²) < 4.78 is 13.3. The summed E-state index contributed by atoms with van der Waals surface area (Å²) in [5.41, 5.74) is 6.13. The molecule has 0 atom stereocenters. The molecule has 108 valence electrons. The van der Waals surface area contributed by atoms with E-state index >= 15 is 0 Å². The van der Waals surface area contributed by atoms with Crippen molar-refractivity contribution in [3.63, 3.8) is 0 Å². The van der Waals surface area contributed by atoms with Gasteiger partial charge in [-0.2, -0.15) is 0 Å². The number of nitrogens with two attached hydrogens (primary N) is 1. The van der Waals surface area contributed by atoms with E-state index in [-0.39, 0.29) is 12.5 Å².